The number of nitrogens with zero attached hydrogens (tertiary/aromatic N) is 1. The first-order valence-electron chi connectivity index (χ1n) is 6.41. The zero-order chi connectivity index (χ0) is 12.1. The summed E-state index contributed by atoms with van der Waals surface area (Å²) in [5, 5.41) is 12.6. The molecule has 1 aromatic rings. The quantitative estimate of drug-likeness (QED) is 0.826. The molecule has 0 bridgehead atoms. The van der Waals surface area contributed by atoms with Crippen molar-refractivity contribution >= 4 is 0 Å². The number of nitrogens with one attached hydrogen (secondary N) is 1. The number of aliphatic hydroxyl groups excluding tert-OH is 1. The van der Waals surface area contributed by atoms with E-state index in [1.165, 1.54) is 11.1 Å². The maximum absolute atomic E-state index is 9.45. The van der Waals surface area contributed by atoms with Gasteiger partial charge in [-0.1, -0.05) is 24.3 Å². The summed E-state index contributed by atoms with van der Waals surface area (Å²) >= 11 is 0. The van der Waals surface area contributed by atoms with Crippen LogP contribution in [0.1, 0.15) is 24.0 Å². The van der Waals surface area contributed by atoms with Crippen molar-refractivity contribution in [2.24, 2.45) is 0 Å². The predicted octanol–water partition coefficient (Wildman–Crippen LogP) is 1.36. The summed E-state index contributed by atoms with van der Waals surface area (Å²) in [4.78, 5) is 2.42. The number of piperidine rings is 1. The number of aliphatic hydroxyl groups is 1. The van der Waals surface area contributed by atoms with Crippen molar-refractivity contribution in [2.45, 2.75) is 32.0 Å². The molecular formula is C14H22N2O. The number of likely N-dealkylation sites (tertiary alicyclic amines) is 1. The minimum atomic E-state index is -0.0794. The second kappa shape index (κ2) is 6.15. The van der Waals surface area contributed by atoms with Gasteiger partial charge < -0.3 is 10.4 Å². The summed E-state index contributed by atoms with van der Waals surface area (Å²) < 4.78 is 0. The second-order valence-electron chi connectivity index (χ2n) is 4.85. The monoisotopic (exact) mass is 234 g/mol. The van der Waals surface area contributed by atoms with E-state index in [0.717, 1.165) is 39.0 Å². The summed E-state index contributed by atoms with van der Waals surface area (Å²) in [5.74, 6) is 0. The molecule has 0 unspecified atom stereocenters. The highest BCUT2D eigenvalue weighted by atomic mass is 16.3. The molecule has 17 heavy (non-hydrogen) atoms. The van der Waals surface area contributed by atoms with Gasteiger partial charge >= 0.3 is 0 Å². The maximum atomic E-state index is 9.45. The van der Waals surface area contributed by atoms with Crippen molar-refractivity contribution < 1.29 is 5.11 Å². The molecule has 0 aliphatic carbocycles. The summed E-state index contributed by atoms with van der Waals surface area (Å²) in [6.45, 7) is 3.96. The van der Waals surface area contributed by atoms with Gasteiger partial charge in [0.2, 0.25) is 0 Å². The Morgan fingerprint density at radius 3 is 2.35 bits per heavy atom. The molecule has 0 radical (unpaired) electrons. The lowest BCUT2D eigenvalue weighted by molar-refractivity contribution is 0.0792. The Hall–Kier alpha value is -0.900. The van der Waals surface area contributed by atoms with Gasteiger partial charge in [-0.15, -0.1) is 0 Å². The minimum Gasteiger partial charge on any atom is -0.393 e. The Bertz CT molecular complexity index is 329. The molecule has 2 rings (SSSR count). The first-order valence-corrected chi connectivity index (χ1v) is 6.41. The number of rotatable bonds is 4. The van der Waals surface area contributed by atoms with Gasteiger partial charge in [-0.25, -0.2) is 0 Å². The van der Waals surface area contributed by atoms with E-state index < -0.39 is 0 Å². The van der Waals surface area contributed by atoms with E-state index in [-0.39, 0.29) is 6.10 Å². The fourth-order valence-electron chi connectivity index (χ4n) is 2.30. The summed E-state index contributed by atoms with van der Waals surface area (Å²) in [5.41, 5.74) is 2.69. The SMILES string of the molecule is CNCc1ccc(CN2CCC(O)CC2)cc1. The lowest BCUT2D eigenvalue weighted by Gasteiger charge is -2.29. The first kappa shape index (κ1) is 12.6. The van der Waals surface area contributed by atoms with Crippen molar-refractivity contribution in [3.8, 4) is 0 Å². The van der Waals surface area contributed by atoms with Crippen LogP contribution in [0, 0.1) is 0 Å². The Kier molecular flexibility index (Phi) is 4.54. The van der Waals surface area contributed by atoms with Crippen molar-refractivity contribution in [1.82, 2.24) is 10.2 Å². The number of benzene rings is 1. The van der Waals surface area contributed by atoms with Crippen LogP contribution in [0.15, 0.2) is 24.3 Å². The van der Waals surface area contributed by atoms with E-state index in [1.807, 2.05) is 7.05 Å². The Morgan fingerprint density at radius 1 is 1.18 bits per heavy atom. The van der Waals surface area contributed by atoms with E-state index in [9.17, 15) is 5.11 Å². The molecule has 0 amide bonds. The lowest BCUT2D eigenvalue weighted by atomic mass is 10.1. The van der Waals surface area contributed by atoms with Gasteiger partial charge in [-0.2, -0.15) is 0 Å². The fourth-order valence-corrected chi connectivity index (χ4v) is 2.30. The van der Waals surface area contributed by atoms with Crippen LogP contribution in [0.3, 0.4) is 0 Å². The third-order valence-corrected chi connectivity index (χ3v) is 3.37. The molecular weight excluding hydrogens is 212 g/mol. The first-order chi connectivity index (χ1) is 8.28. The zero-order valence-electron chi connectivity index (χ0n) is 10.5. The van der Waals surface area contributed by atoms with Crippen LogP contribution in [0.25, 0.3) is 0 Å². The van der Waals surface area contributed by atoms with E-state index in [1.54, 1.807) is 0 Å². The molecule has 1 heterocycles. The average Bonchev–Trinajstić information content (AvgIpc) is 2.35. The predicted molar refractivity (Wildman–Crippen MR) is 69.7 cm³/mol. The second-order valence-corrected chi connectivity index (χ2v) is 4.85. The zero-order valence-corrected chi connectivity index (χ0v) is 10.5. The van der Waals surface area contributed by atoms with Crippen molar-refractivity contribution in [3.63, 3.8) is 0 Å². The van der Waals surface area contributed by atoms with Gasteiger partial charge in [0.05, 0.1) is 6.10 Å². The molecule has 0 spiro atoms. The van der Waals surface area contributed by atoms with E-state index in [4.69, 9.17) is 0 Å². The standard InChI is InChI=1S/C14H22N2O/c1-15-10-12-2-4-13(5-3-12)11-16-8-6-14(17)7-9-16/h2-5,14-15,17H,6-11H2,1H3. The molecule has 1 aromatic carbocycles. The molecule has 0 atom stereocenters. The van der Waals surface area contributed by atoms with E-state index in [0.29, 0.717) is 0 Å². The third kappa shape index (κ3) is 3.80. The number of hydrogen-bond donors (Lipinski definition) is 2. The maximum Gasteiger partial charge on any atom is 0.0564 e. The lowest BCUT2D eigenvalue weighted by Crippen LogP contribution is -2.35. The van der Waals surface area contributed by atoms with Crippen LogP contribution in [0.5, 0.6) is 0 Å². The summed E-state index contributed by atoms with van der Waals surface area (Å²) in [7, 11) is 1.97. The molecule has 0 saturated carbocycles. The molecule has 2 N–H and O–H groups in total. The molecule has 3 heteroatoms. The average molecular weight is 234 g/mol. The van der Waals surface area contributed by atoms with E-state index in [2.05, 4.69) is 34.5 Å². The third-order valence-electron chi connectivity index (χ3n) is 3.37. The smallest absolute Gasteiger partial charge is 0.0564 e. The molecule has 94 valence electrons. The van der Waals surface area contributed by atoms with Gasteiger partial charge in [-0.05, 0) is 31.0 Å². The van der Waals surface area contributed by atoms with Crippen LogP contribution in [-0.2, 0) is 13.1 Å². The topological polar surface area (TPSA) is 35.5 Å². The highest BCUT2D eigenvalue weighted by Gasteiger charge is 2.16. The molecule has 0 aromatic heterocycles. The van der Waals surface area contributed by atoms with Crippen LogP contribution in [0.2, 0.25) is 0 Å². The van der Waals surface area contributed by atoms with Gasteiger partial charge in [0.15, 0.2) is 0 Å². The largest absolute Gasteiger partial charge is 0.393 e. The summed E-state index contributed by atoms with van der Waals surface area (Å²) in [6.07, 6.45) is 1.75. The molecule has 1 aliphatic heterocycles. The van der Waals surface area contributed by atoms with Gasteiger partial charge in [0.25, 0.3) is 0 Å². The van der Waals surface area contributed by atoms with Gasteiger partial charge in [0.1, 0.15) is 0 Å². The minimum absolute atomic E-state index is 0.0794. The summed E-state index contributed by atoms with van der Waals surface area (Å²) in [6, 6.07) is 8.78. The Labute approximate surface area is 103 Å². The highest BCUT2D eigenvalue weighted by molar-refractivity contribution is 5.22. The van der Waals surface area contributed by atoms with Crippen LogP contribution in [0.4, 0.5) is 0 Å². The molecule has 1 fully saturated rings. The number of hydrogen-bond acceptors (Lipinski definition) is 3. The highest BCUT2D eigenvalue weighted by Crippen LogP contribution is 2.14. The molecule has 1 aliphatic rings. The molecule has 3 nitrogen and oxygen atoms in total. The van der Waals surface area contributed by atoms with Crippen LogP contribution in [-0.4, -0.2) is 36.2 Å². The van der Waals surface area contributed by atoms with Gasteiger partial charge in [-0.3, -0.25) is 4.90 Å². The van der Waals surface area contributed by atoms with Crippen LogP contribution >= 0.6 is 0 Å². The Morgan fingerprint density at radius 2 is 1.76 bits per heavy atom. The van der Waals surface area contributed by atoms with Crippen molar-refractivity contribution in [1.29, 1.82) is 0 Å². The van der Waals surface area contributed by atoms with Crippen molar-refractivity contribution in [2.75, 3.05) is 20.1 Å². The van der Waals surface area contributed by atoms with E-state index >= 15 is 0 Å². The normalized spacial score (nSPS) is 18.5. The van der Waals surface area contributed by atoms with Crippen molar-refractivity contribution in [3.05, 3.63) is 35.4 Å². The van der Waals surface area contributed by atoms with Gasteiger partial charge in [0, 0.05) is 26.2 Å². The van der Waals surface area contributed by atoms with Crippen LogP contribution < -0.4 is 5.32 Å². The Balaban J connectivity index is 1.86. The molecule has 1 saturated heterocycles. The fraction of sp³-hybridized carbons (Fsp3) is 0.571.